The van der Waals surface area contributed by atoms with Crippen molar-refractivity contribution in [1.82, 2.24) is 15.0 Å². The molecule has 3 aromatic rings. The predicted octanol–water partition coefficient (Wildman–Crippen LogP) is 3.73. The minimum atomic E-state index is 0.653. The van der Waals surface area contributed by atoms with Crippen LogP contribution in [0.1, 0.15) is 0 Å². The molecule has 0 saturated heterocycles. The lowest BCUT2D eigenvalue weighted by atomic mass is 10.3. The van der Waals surface area contributed by atoms with E-state index < -0.39 is 0 Å². The Hall–Kier alpha value is -1.58. The van der Waals surface area contributed by atoms with E-state index in [9.17, 15) is 0 Å². The summed E-state index contributed by atoms with van der Waals surface area (Å²) < 4.78 is 0. The summed E-state index contributed by atoms with van der Waals surface area (Å²) in [6.45, 7) is 0. The van der Waals surface area contributed by atoms with Crippen LogP contribution in [0.4, 0.5) is 0 Å². The number of rotatable bonds is 1. The van der Waals surface area contributed by atoms with Gasteiger partial charge >= 0.3 is 0 Å². The quantitative estimate of drug-likeness (QED) is 0.670. The summed E-state index contributed by atoms with van der Waals surface area (Å²) in [6.07, 6.45) is 0. The second kappa shape index (κ2) is 4.02. The monoisotopic (exact) mass is 263 g/mol. The number of aromatic nitrogens is 3. The summed E-state index contributed by atoms with van der Waals surface area (Å²) in [6, 6.07) is 12.8. The highest BCUT2D eigenvalue weighted by atomic mass is 35.5. The van der Waals surface area contributed by atoms with Crippen molar-refractivity contribution < 1.29 is 0 Å². The van der Waals surface area contributed by atoms with Gasteiger partial charge in [-0.05, 0) is 42.5 Å². The molecule has 0 saturated carbocycles. The van der Waals surface area contributed by atoms with Crippen LogP contribution in [0, 0.1) is 0 Å². The molecule has 3 rings (SSSR count). The number of hydrogen-bond acceptors (Lipinski definition) is 2. The Balaban J connectivity index is 2.14. The molecule has 0 amide bonds. The zero-order chi connectivity index (χ0) is 11.8. The van der Waals surface area contributed by atoms with Crippen LogP contribution >= 0.6 is 23.2 Å². The maximum Gasteiger partial charge on any atom is 0.115 e. The van der Waals surface area contributed by atoms with Gasteiger partial charge in [-0.2, -0.15) is 4.80 Å². The van der Waals surface area contributed by atoms with E-state index in [2.05, 4.69) is 10.2 Å². The zero-order valence-electron chi connectivity index (χ0n) is 8.64. The average Bonchev–Trinajstić information content (AvgIpc) is 2.72. The smallest absolute Gasteiger partial charge is 0.115 e. The number of hydrogen-bond donors (Lipinski definition) is 0. The van der Waals surface area contributed by atoms with Crippen LogP contribution in [-0.4, -0.2) is 15.0 Å². The van der Waals surface area contributed by atoms with E-state index in [4.69, 9.17) is 23.2 Å². The minimum absolute atomic E-state index is 0.653. The zero-order valence-corrected chi connectivity index (χ0v) is 10.2. The summed E-state index contributed by atoms with van der Waals surface area (Å²) in [7, 11) is 0. The first-order chi connectivity index (χ1) is 8.22. The van der Waals surface area contributed by atoms with Crippen molar-refractivity contribution in [2.24, 2.45) is 0 Å². The van der Waals surface area contributed by atoms with Gasteiger partial charge in [0.1, 0.15) is 11.0 Å². The summed E-state index contributed by atoms with van der Waals surface area (Å²) in [5.74, 6) is 0. The molecule has 17 heavy (non-hydrogen) atoms. The first-order valence-electron chi connectivity index (χ1n) is 5.01. The largest absolute Gasteiger partial charge is 0.150 e. The second-order valence-electron chi connectivity index (χ2n) is 3.60. The molecular weight excluding hydrogens is 257 g/mol. The highest BCUT2D eigenvalue weighted by molar-refractivity contribution is 6.31. The lowest BCUT2D eigenvalue weighted by molar-refractivity contribution is 0.766. The Morgan fingerprint density at radius 1 is 0.765 bits per heavy atom. The number of fused-ring (bicyclic) bond motifs is 1. The molecule has 0 atom stereocenters. The molecule has 0 bridgehead atoms. The maximum absolute atomic E-state index is 5.90. The van der Waals surface area contributed by atoms with Crippen molar-refractivity contribution >= 4 is 34.2 Å². The summed E-state index contributed by atoms with van der Waals surface area (Å²) >= 11 is 11.7. The van der Waals surface area contributed by atoms with E-state index in [0.717, 1.165) is 16.7 Å². The van der Waals surface area contributed by atoms with Gasteiger partial charge in [0.15, 0.2) is 0 Å². The lowest BCUT2D eigenvalue weighted by Gasteiger charge is -1.97. The van der Waals surface area contributed by atoms with Crippen molar-refractivity contribution in [3.05, 3.63) is 52.5 Å². The van der Waals surface area contributed by atoms with E-state index in [1.807, 2.05) is 18.2 Å². The van der Waals surface area contributed by atoms with Gasteiger partial charge in [0.25, 0.3) is 0 Å². The molecule has 0 fully saturated rings. The third-order valence-electron chi connectivity index (χ3n) is 2.40. The molecule has 1 aromatic heterocycles. The number of halogens is 2. The topological polar surface area (TPSA) is 30.7 Å². The van der Waals surface area contributed by atoms with Crippen LogP contribution in [0.5, 0.6) is 0 Å². The highest BCUT2D eigenvalue weighted by Gasteiger charge is 2.04. The fraction of sp³-hybridized carbons (Fsp3) is 0. The molecule has 0 aliphatic rings. The van der Waals surface area contributed by atoms with Crippen molar-refractivity contribution in [2.75, 3.05) is 0 Å². The lowest BCUT2D eigenvalue weighted by Crippen LogP contribution is -1.97. The van der Waals surface area contributed by atoms with Gasteiger partial charge in [-0.1, -0.05) is 23.2 Å². The Bertz CT molecular complexity index is 674. The second-order valence-corrected chi connectivity index (χ2v) is 4.47. The normalized spacial score (nSPS) is 10.9. The minimum Gasteiger partial charge on any atom is -0.150 e. The van der Waals surface area contributed by atoms with E-state index >= 15 is 0 Å². The van der Waals surface area contributed by atoms with Crippen molar-refractivity contribution in [2.45, 2.75) is 0 Å². The van der Waals surface area contributed by atoms with Crippen molar-refractivity contribution in [3.8, 4) is 5.69 Å². The molecule has 0 spiro atoms. The van der Waals surface area contributed by atoms with Gasteiger partial charge in [0.2, 0.25) is 0 Å². The fourth-order valence-electron chi connectivity index (χ4n) is 1.58. The predicted molar refractivity (Wildman–Crippen MR) is 68.9 cm³/mol. The van der Waals surface area contributed by atoms with Gasteiger partial charge in [0, 0.05) is 10.0 Å². The molecule has 2 aromatic carbocycles. The number of nitrogens with zero attached hydrogens (tertiary/aromatic N) is 3. The standard InChI is InChI=1S/C12H7Cl2N3/c13-8-1-4-10(5-2-8)17-15-11-6-3-9(14)7-12(11)16-17/h1-7H. The number of benzene rings is 2. The van der Waals surface area contributed by atoms with Gasteiger partial charge < -0.3 is 0 Å². The van der Waals surface area contributed by atoms with E-state index in [1.165, 1.54) is 0 Å². The summed E-state index contributed by atoms with van der Waals surface area (Å²) in [5.41, 5.74) is 2.44. The molecule has 84 valence electrons. The van der Waals surface area contributed by atoms with Crippen LogP contribution in [0.25, 0.3) is 16.7 Å². The first kappa shape index (κ1) is 10.6. The SMILES string of the molecule is Clc1ccc(-n2nc3ccc(Cl)cc3n2)cc1. The Morgan fingerprint density at radius 2 is 1.41 bits per heavy atom. The van der Waals surface area contributed by atoms with E-state index in [0.29, 0.717) is 10.0 Å². The molecule has 1 heterocycles. The van der Waals surface area contributed by atoms with Crippen LogP contribution in [0.3, 0.4) is 0 Å². The Morgan fingerprint density at radius 3 is 2.18 bits per heavy atom. The average molecular weight is 264 g/mol. The molecule has 5 heteroatoms. The van der Waals surface area contributed by atoms with Gasteiger partial charge in [-0.3, -0.25) is 0 Å². The molecule has 0 aliphatic carbocycles. The van der Waals surface area contributed by atoms with Crippen LogP contribution in [0.15, 0.2) is 42.5 Å². The highest BCUT2D eigenvalue weighted by Crippen LogP contribution is 2.18. The fourth-order valence-corrected chi connectivity index (χ4v) is 1.87. The van der Waals surface area contributed by atoms with Crippen molar-refractivity contribution in [3.63, 3.8) is 0 Å². The van der Waals surface area contributed by atoms with Crippen molar-refractivity contribution in [1.29, 1.82) is 0 Å². The molecular formula is C12H7Cl2N3. The maximum atomic E-state index is 5.90. The molecule has 0 radical (unpaired) electrons. The van der Waals surface area contributed by atoms with E-state index in [-0.39, 0.29) is 0 Å². The molecule has 0 N–H and O–H groups in total. The van der Waals surface area contributed by atoms with Gasteiger partial charge in [0.05, 0.1) is 5.69 Å². The van der Waals surface area contributed by atoms with Crippen LogP contribution < -0.4 is 0 Å². The third kappa shape index (κ3) is 1.99. The molecule has 3 nitrogen and oxygen atoms in total. The molecule has 0 aliphatic heterocycles. The van der Waals surface area contributed by atoms with Gasteiger partial charge in [-0.25, -0.2) is 0 Å². The van der Waals surface area contributed by atoms with Crippen LogP contribution in [0.2, 0.25) is 10.0 Å². The van der Waals surface area contributed by atoms with E-state index in [1.54, 1.807) is 29.1 Å². The summed E-state index contributed by atoms with van der Waals surface area (Å²) in [5, 5.41) is 10.1. The molecule has 0 unspecified atom stereocenters. The van der Waals surface area contributed by atoms with Crippen LogP contribution in [-0.2, 0) is 0 Å². The Kier molecular flexibility index (Phi) is 2.50. The Labute approximate surface area is 108 Å². The summed E-state index contributed by atoms with van der Waals surface area (Å²) in [4.78, 5) is 1.57. The third-order valence-corrected chi connectivity index (χ3v) is 2.89. The first-order valence-corrected chi connectivity index (χ1v) is 5.76. The van der Waals surface area contributed by atoms with Gasteiger partial charge in [-0.15, -0.1) is 10.2 Å².